The van der Waals surface area contributed by atoms with E-state index in [9.17, 15) is 0 Å². The number of anilines is 1. The molecule has 2 rings (SSSR count). The summed E-state index contributed by atoms with van der Waals surface area (Å²) < 4.78 is 0. The molecule has 1 saturated heterocycles. The van der Waals surface area contributed by atoms with Crippen LogP contribution in [0.3, 0.4) is 0 Å². The van der Waals surface area contributed by atoms with Crippen molar-refractivity contribution >= 4 is 17.6 Å². The summed E-state index contributed by atoms with van der Waals surface area (Å²) in [7, 11) is 0. The molecule has 3 nitrogen and oxygen atoms in total. The van der Waals surface area contributed by atoms with Crippen molar-refractivity contribution in [3.8, 4) is 0 Å². The van der Waals surface area contributed by atoms with Crippen LogP contribution < -0.4 is 10.2 Å². The second-order valence-electron chi connectivity index (χ2n) is 6.21. The van der Waals surface area contributed by atoms with E-state index in [2.05, 4.69) is 56.1 Å². The Hall–Kier alpha value is -0.740. The molecule has 1 aliphatic rings. The summed E-state index contributed by atoms with van der Waals surface area (Å²) in [5, 5.41) is 3.49. The number of nitrogens with one attached hydrogen (secondary N) is 1. The zero-order valence-corrected chi connectivity index (χ0v) is 13.3. The van der Waals surface area contributed by atoms with E-state index < -0.39 is 0 Å². The van der Waals surface area contributed by atoms with Crippen LogP contribution >= 0.6 is 11.8 Å². The molecule has 0 bridgehead atoms. The van der Waals surface area contributed by atoms with E-state index >= 15 is 0 Å². The zero-order chi connectivity index (χ0) is 13.9. The number of hydrogen-bond donors (Lipinski definition) is 1. The van der Waals surface area contributed by atoms with Crippen LogP contribution in [0.4, 0.5) is 5.82 Å². The van der Waals surface area contributed by atoms with Crippen molar-refractivity contribution in [1.29, 1.82) is 0 Å². The molecular formula is C15H25N3S. The Morgan fingerprint density at radius 3 is 2.89 bits per heavy atom. The van der Waals surface area contributed by atoms with Crippen LogP contribution in [0.1, 0.15) is 33.4 Å². The van der Waals surface area contributed by atoms with Gasteiger partial charge in [0.25, 0.3) is 0 Å². The first-order chi connectivity index (χ1) is 8.96. The second-order valence-corrected chi connectivity index (χ2v) is 7.36. The molecule has 1 aliphatic heterocycles. The minimum absolute atomic E-state index is 0.132. The van der Waals surface area contributed by atoms with Gasteiger partial charge in [-0.05, 0) is 39.8 Å². The van der Waals surface area contributed by atoms with E-state index in [1.165, 1.54) is 11.5 Å². The van der Waals surface area contributed by atoms with Gasteiger partial charge in [-0.2, -0.15) is 11.8 Å². The Bertz CT molecular complexity index is 414. The maximum atomic E-state index is 4.80. The lowest BCUT2D eigenvalue weighted by Crippen LogP contribution is -2.41. The molecule has 0 aromatic carbocycles. The van der Waals surface area contributed by atoms with Crippen molar-refractivity contribution in [3.63, 3.8) is 0 Å². The lowest BCUT2D eigenvalue weighted by Gasteiger charge is -2.34. The smallest absolute Gasteiger partial charge is 0.129 e. The maximum absolute atomic E-state index is 4.80. The lowest BCUT2D eigenvalue weighted by molar-refractivity contribution is 0.421. The quantitative estimate of drug-likeness (QED) is 0.921. The fourth-order valence-corrected chi connectivity index (χ4v) is 3.16. The third kappa shape index (κ3) is 4.39. The summed E-state index contributed by atoms with van der Waals surface area (Å²) in [6, 6.07) is 6.94. The van der Waals surface area contributed by atoms with Crippen molar-refractivity contribution in [2.24, 2.45) is 0 Å². The highest BCUT2D eigenvalue weighted by molar-refractivity contribution is 7.99. The SMILES string of the molecule is CC1CSCCN1c1cccc(CNC(C)(C)C)n1. The molecule has 1 atom stereocenters. The van der Waals surface area contributed by atoms with Gasteiger partial charge in [-0.1, -0.05) is 6.07 Å². The Morgan fingerprint density at radius 1 is 1.42 bits per heavy atom. The van der Waals surface area contributed by atoms with Gasteiger partial charge in [-0.3, -0.25) is 0 Å². The first kappa shape index (κ1) is 14.7. The largest absolute Gasteiger partial charge is 0.352 e. The summed E-state index contributed by atoms with van der Waals surface area (Å²) in [6.45, 7) is 10.8. The summed E-state index contributed by atoms with van der Waals surface area (Å²) >= 11 is 2.04. The number of thioether (sulfide) groups is 1. The molecule has 2 heterocycles. The van der Waals surface area contributed by atoms with Gasteiger partial charge in [-0.15, -0.1) is 0 Å². The average molecular weight is 279 g/mol. The highest BCUT2D eigenvalue weighted by Crippen LogP contribution is 2.22. The third-order valence-electron chi connectivity index (χ3n) is 3.25. The summed E-state index contributed by atoms with van der Waals surface area (Å²) in [5.41, 5.74) is 1.25. The molecular weight excluding hydrogens is 254 g/mol. The predicted molar refractivity (Wildman–Crippen MR) is 85.0 cm³/mol. The van der Waals surface area contributed by atoms with Crippen LogP contribution in [0.2, 0.25) is 0 Å². The van der Waals surface area contributed by atoms with Crippen LogP contribution in [0.25, 0.3) is 0 Å². The summed E-state index contributed by atoms with van der Waals surface area (Å²) in [6.07, 6.45) is 0. The minimum atomic E-state index is 0.132. The highest BCUT2D eigenvalue weighted by atomic mass is 32.2. The van der Waals surface area contributed by atoms with Crippen molar-refractivity contribution in [2.45, 2.75) is 45.8 Å². The number of rotatable bonds is 3. The van der Waals surface area contributed by atoms with E-state index in [0.29, 0.717) is 6.04 Å². The highest BCUT2D eigenvalue weighted by Gasteiger charge is 2.20. The topological polar surface area (TPSA) is 28.2 Å². The van der Waals surface area contributed by atoms with Gasteiger partial charge >= 0.3 is 0 Å². The Balaban J connectivity index is 2.06. The molecule has 19 heavy (non-hydrogen) atoms. The molecule has 1 aromatic rings. The third-order valence-corrected chi connectivity index (χ3v) is 4.44. The van der Waals surface area contributed by atoms with Crippen molar-refractivity contribution < 1.29 is 0 Å². The molecule has 1 aromatic heterocycles. The molecule has 106 valence electrons. The number of hydrogen-bond acceptors (Lipinski definition) is 4. The van der Waals surface area contributed by atoms with Crippen LogP contribution in [-0.4, -0.2) is 34.6 Å². The lowest BCUT2D eigenvalue weighted by atomic mass is 10.1. The standard InChI is InChI=1S/C15H25N3S/c1-12-11-19-9-8-18(12)14-7-5-6-13(17-14)10-16-15(2,3)4/h5-7,12,16H,8-11H2,1-4H3. The van der Waals surface area contributed by atoms with Crippen molar-refractivity contribution in [1.82, 2.24) is 10.3 Å². The van der Waals surface area contributed by atoms with Gasteiger partial charge in [0, 0.05) is 36.2 Å². The maximum Gasteiger partial charge on any atom is 0.129 e. The van der Waals surface area contributed by atoms with E-state index in [0.717, 1.165) is 24.6 Å². The molecule has 0 spiro atoms. The van der Waals surface area contributed by atoms with Gasteiger partial charge in [0.2, 0.25) is 0 Å². The van der Waals surface area contributed by atoms with Gasteiger partial charge in [0.05, 0.1) is 5.69 Å². The van der Waals surface area contributed by atoms with E-state index in [-0.39, 0.29) is 5.54 Å². The first-order valence-electron chi connectivity index (χ1n) is 7.01. The summed E-state index contributed by atoms with van der Waals surface area (Å²) in [4.78, 5) is 7.23. The molecule has 0 saturated carbocycles. The van der Waals surface area contributed by atoms with E-state index in [1.54, 1.807) is 0 Å². The molecule has 1 N–H and O–H groups in total. The van der Waals surface area contributed by atoms with Crippen LogP contribution in [0, 0.1) is 0 Å². The normalized spacial score (nSPS) is 20.6. The van der Waals surface area contributed by atoms with Gasteiger partial charge in [-0.25, -0.2) is 4.98 Å². The zero-order valence-electron chi connectivity index (χ0n) is 12.4. The fraction of sp³-hybridized carbons (Fsp3) is 0.667. The van der Waals surface area contributed by atoms with Crippen LogP contribution in [0.5, 0.6) is 0 Å². The number of nitrogens with zero attached hydrogens (tertiary/aromatic N) is 2. The predicted octanol–water partition coefficient (Wildman–Crippen LogP) is 2.91. The van der Waals surface area contributed by atoms with Crippen LogP contribution in [-0.2, 0) is 6.54 Å². The van der Waals surface area contributed by atoms with Crippen molar-refractivity contribution in [3.05, 3.63) is 23.9 Å². The molecule has 4 heteroatoms. The fourth-order valence-electron chi connectivity index (χ4n) is 2.15. The van der Waals surface area contributed by atoms with E-state index in [4.69, 9.17) is 4.98 Å². The summed E-state index contributed by atoms with van der Waals surface area (Å²) in [5.74, 6) is 3.53. The Kier molecular flexibility index (Phi) is 4.74. The molecule has 0 amide bonds. The first-order valence-corrected chi connectivity index (χ1v) is 8.16. The molecule has 1 unspecified atom stereocenters. The Labute approximate surface area is 121 Å². The minimum Gasteiger partial charge on any atom is -0.352 e. The Morgan fingerprint density at radius 2 is 2.21 bits per heavy atom. The van der Waals surface area contributed by atoms with Crippen molar-refractivity contribution in [2.75, 3.05) is 23.0 Å². The van der Waals surface area contributed by atoms with Crippen LogP contribution in [0.15, 0.2) is 18.2 Å². The molecule has 0 radical (unpaired) electrons. The second kappa shape index (κ2) is 6.14. The number of aromatic nitrogens is 1. The monoisotopic (exact) mass is 279 g/mol. The van der Waals surface area contributed by atoms with Gasteiger partial charge in [0.1, 0.15) is 5.82 Å². The van der Waals surface area contributed by atoms with E-state index in [1.807, 2.05) is 11.8 Å². The molecule has 0 aliphatic carbocycles. The van der Waals surface area contributed by atoms with Gasteiger partial charge < -0.3 is 10.2 Å². The number of pyridine rings is 1. The average Bonchev–Trinajstić information content (AvgIpc) is 2.36. The van der Waals surface area contributed by atoms with Gasteiger partial charge in [0.15, 0.2) is 0 Å². The molecule has 1 fully saturated rings.